The van der Waals surface area contributed by atoms with Crippen LogP contribution >= 0.6 is 39.1 Å². The van der Waals surface area contributed by atoms with E-state index in [1.807, 2.05) is 6.92 Å². The normalized spacial score (nSPS) is 10.4. The van der Waals surface area contributed by atoms with Crippen molar-refractivity contribution in [2.45, 2.75) is 13.3 Å². The second-order valence-corrected chi connectivity index (χ2v) is 5.58. The number of halogens is 3. The highest BCUT2D eigenvalue weighted by Gasteiger charge is 2.14. The van der Waals surface area contributed by atoms with Gasteiger partial charge in [-0.05, 0) is 28.4 Å². The second kappa shape index (κ2) is 6.61. The zero-order valence-electron chi connectivity index (χ0n) is 10.9. The Labute approximate surface area is 135 Å². The molecular weight excluding hydrogens is 365 g/mol. The minimum atomic E-state index is 0.452. The van der Waals surface area contributed by atoms with Gasteiger partial charge in [-0.25, -0.2) is 9.97 Å². The first-order chi connectivity index (χ1) is 9.56. The molecule has 7 heteroatoms. The lowest BCUT2D eigenvalue weighted by Crippen LogP contribution is -2.02. The molecule has 0 spiro atoms. The zero-order valence-corrected chi connectivity index (χ0v) is 14.0. The molecular formula is C13H12BrCl2N3O. The Kier molecular flexibility index (Phi) is 5.07. The van der Waals surface area contributed by atoms with Gasteiger partial charge in [0.05, 0.1) is 15.6 Å². The monoisotopic (exact) mass is 375 g/mol. The number of rotatable bonds is 4. The van der Waals surface area contributed by atoms with Crippen LogP contribution in [0.3, 0.4) is 0 Å². The molecule has 0 aliphatic rings. The lowest BCUT2D eigenvalue weighted by atomic mass is 10.2. The van der Waals surface area contributed by atoms with Crippen molar-refractivity contribution in [2.75, 3.05) is 12.4 Å². The molecule has 1 aromatic heterocycles. The Morgan fingerprint density at radius 2 is 2.00 bits per heavy atom. The van der Waals surface area contributed by atoms with Gasteiger partial charge in [0.15, 0.2) is 0 Å². The van der Waals surface area contributed by atoms with Gasteiger partial charge >= 0.3 is 0 Å². The largest absolute Gasteiger partial charge is 0.437 e. The van der Waals surface area contributed by atoms with E-state index in [0.717, 1.165) is 17.8 Å². The van der Waals surface area contributed by atoms with E-state index in [-0.39, 0.29) is 0 Å². The number of anilines is 1. The summed E-state index contributed by atoms with van der Waals surface area (Å²) in [4.78, 5) is 8.32. The third-order valence-corrected chi connectivity index (χ3v) is 4.17. The molecule has 0 amide bonds. The Bertz CT molecular complexity index is 637. The standard InChI is InChI=1S/C13H12BrCl2N3O/c1-3-7-12(17-2)18-6-19-13(7)20-11-5-9(15)8(14)4-10(11)16/h4-6H,3H2,1-2H3,(H,17,18,19). The second-order valence-electron chi connectivity index (χ2n) is 3.91. The van der Waals surface area contributed by atoms with Crippen molar-refractivity contribution < 1.29 is 4.74 Å². The summed E-state index contributed by atoms with van der Waals surface area (Å²) in [5, 5.41) is 3.98. The predicted octanol–water partition coefficient (Wildman–Crippen LogP) is 4.94. The van der Waals surface area contributed by atoms with Gasteiger partial charge in [0.25, 0.3) is 0 Å². The number of hydrogen-bond donors (Lipinski definition) is 1. The average molecular weight is 377 g/mol. The molecule has 0 saturated carbocycles. The first-order valence-electron chi connectivity index (χ1n) is 5.90. The number of ether oxygens (including phenoxy) is 1. The van der Waals surface area contributed by atoms with Crippen LogP contribution in [0.5, 0.6) is 11.6 Å². The zero-order chi connectivity index (χ0) is 14.7. The minimum Gasteiger partial charge on any atom is -0.437 e. The molecule has 20 heavy (non-hydrogen) atoms. The lowest BCUT2D eigenvalue weighted by Gasteiger charge is -2.13. The lowest BCUT2D eigenvalue weighted by molar-refractivity contribution is 0.456. The summed E-state index contributed by atoms with van der Waals surface area (Å²) in [5.41, 5.74) is 0.880. The average Bonchev–Trinajstić information content (AvgIpc) is 2.44. The van der Waals surface area contributed by atoms with Crippen molar-refractivity contribution >= 4 is 44.9 Å². The molecule has 1 heterocycles. The molecule has 0 saturated heterocycles. The fourth-order valence-electron chi connectivity index (χ4n) is 1.70. The molecule has 0 aliphatic carbocycles. The van der Waals surface area contributed by atoms with Crippen LogP contribution in [0.4, 0.5) is 5.82 Å². The topological polar surface area (TPSA) is 47.0 Å². The summed E-state index contributed by atoms with van der Waals surface area (Å²) in [6.45, 7) is 2.00. The molecule has 1 aromatic carbocycles. The van der Waals surface area contributed by atoms with Crippen LogP contribution < -0.4 is 10.1 Å². The van der Waals surface area contributed by atoms with Crippen LogP contribution in [0.2, 0.25) is 10.0 Å². The minimum absolute atomic E-state index is 0.452. The Morgan fingerprint density at radius 1 is 1.25 bits per heavy atom. The van der Waals surface area contributed by atoms with Crippen LogP contribution in [-0.2, 0) is 6.42 Å². The van der Waals surface area contributed by atoms with Gasteiger partial charge in [0.2, 0.25) is 5.88 Å². The van der Waals surface area contributed by atoms with E-state index in [9.17, 15) is 0 Å². The van der Waals surface area contributed by atoms with Gasteiger partial charge < -0.3 is 10.1 Å². The number of aromatic nitrogens is 2. The number of nitrogens with zero attached hydrogens (tertiary/aromatic N) is 2. The summed E-state index contributed by atoms with van der Waals surface area (Å²) in [6, 6.07) is 3.33. The molecule has 0 unspecified atom stereocenters. The highest BCUT2D eigenvalue weighted by atomic mass is 79.9. The summed E-state index contributed by atoms with van der Waals surface area (Å²) < 4.78 is 6.49. The van der Waals surface area contributed by atoms with E-state index in [2.05, 4.69) is 31.2 Å². The molecule has 2 aromatic rings. The summed E-state index contributed by atoms with van der Waals surface area (Å²) in [5.74, 6) is 1.65. The molecule has 0 bridgehead atoms. The van der Waals surface area contributed by atoms with E-state index in [1.54, 1.807) is 19.2 Å². The van der Waals surface area contributed by atoms with Gasteiger partial charge in [-0.15, -0.1) is 0 Å². The first-order valence-corrected chi connectivity index (χ1v) is 7.45. The molecule has 2 rings (SSSR count). The van der Waals surface area contributed by atoms with E-state index in [1.165, 1.54) is 6.33 Å². The predicted molar refractivity (Wildman–Crippen MR) is 85.2 cm³/mol. The number of hydrogen-bond acceptors (Lipinski definition) is 4. The van der Waals surface area contributed by atoms with Gasteiger partial charge in [-0.2, -0.15) is 0 Å². The molecule has 4 nitrogen and oxygen atoms in total. The molecule has 0 radical (unpaired) electrons. The van der Waals surface area contributed by atoms with Gasteiger partial charge in [-0.3, -0.25) is 0 Å². The molecule has 1 N–H and O–H groups in total. The van der Waals surface area contributed by atoms with E-state index in [4.69, 9.17) is 27.9 Å². The maximum atomic E-state index is 6.15. The van der Waals surface area contributed by atoms with Crippen molar-refractivity contribution in [3.63, 3.8) is 0 Å². The SMILES string of the molecule is CCc1c(NC)ncnc1Oc1cc(Cl)c(Br)cc1Cl. The van der Waals surface area contributed by atoms with Crippen LogP contribution in [0.1, 0.15) is 12.5 Å². The first kappa shape index (κ1) is 15.4. The molecule has 106 valence electrons. The van der Waals surface area contributed by atoms with Crippen molar-refractivity contribution in [3.8, 4) is 11.6 Å². The molecule has 0 atom stereocenters. The summed E-state index contributed by atoms with van der Waals surface area (Å²) in [6.07, 6.45) is 2.17. The van der Waals surface area contributed by atoms with Crippen molar-refractivity contribution in [1.82, 2.24) is 9.97 Å². The van der Waals surface area contributed by atoms with E-state index >= 15 is 0 Å². The third-order valence-electron chi connectivity index (χ3n) is 2.68. The fourth-order valence-corrected chi connectivity index (χ4v) is 2.54. The van der Waals surface area contributed by atoms with Crippen molar-refractivity contribution in [1.29, 1.82) is 0 Å². The highest BCUT2D eigenvalue weighted by Crippen LogP contribution is 2.37. The van der Waals surface area contributed by atoms with Gasteiger partial charge in [-0.1, -0.05) is 30.1 Å². The Hall–Kier alpha value is -1.04. The third kappa shape index (κ3) is 3.16. The fraction of sp³-hybridized carbons (Fsp3) is 0.231. The Morgan fingerprint density at radius 3 is 2.65 bits per heavy atom. The quantitative estimate of drug-likeness (QED) is 0.767. The maximum Gasteiger partial charge on any atom is 0.227 e. The maximum absolute atomic E-state index is 6.15. The van der Waals surface area contributed by atoms with Crippen LogP contribution in [0.25, 0.3) is 0 Å². The summed E-state index contributed by atoms with van der Waals surface area (Å²) >= 11 is 15.5. The van der Waals surface area contributed by atoms with Gasteiger partial charge in [0, 0.05) is 17.6 Å². The molecule has 0 aliphatic heterocycles. The Balaban J connectivity index is 2.42. The van der Waals surface area contributed by atoms with E-state index < -0.39 is 0 Å². The van der Waals surface area contributed by atoms with E-state index in [0.29, 0.717) is 26.1 Å². The number of benzene rings is 1. The summed E-state index contributed by atoms with van der Waals surface area (Å²) in [7, 11) is 1.80. The molecule has 0 fully saturated rings. The van der Waals surface area contributed by atoms with Crippen LogP contribution in [0.15, 0.2) is 22.9 Å². The van der Waals surface area contributed by atoms with Crippen LogP contribution in [0, 0.1) is 0 Å². The van der Waals surface area contributed by atoms with Crippen molar-refractivity contribution in [3.05, 3.63) is 38.5 Å². The highest BCUT2D eigenvalue weighted by molar-refractivity contribution is 9.10. The number of nitrogens with one attached hydrogen (secondary N) is 1. The van der Waals surface area contributed by atoms with Gasteiger partial charge in [0.1, 0.15) is 17.9 Å². The van der Waals surface area contributed by atoms with Crippen LogP contribution in [-0.4, -0.2) is 17.0 Å². The smallest absolute Gasteiger partial charge is 0.227 e. The van der Waals surface area contributed by atoms with Crippen molar-refractivity contribution in [2.24, 2.45) is 0 Å².